The Bertz CT molecular complexity index is 229. The van der Waals surface area contributed by atoms with Gasteiger partial charge in [0.25, 0.3) is 0 Å². The van der Waals surface area contributed by atoms with Crippen LogP contribution in [0.1, 0.15) is 6.92 Å². The van der Waals surface area contributed by atoms with E-state index in [1.54, 1.807) is 0 Å². The second-order valence-electron chi connectivity index (χ2n) is 2.61. The van der Waals surface area contributed by atoms with Crippen molar-refractivity contribution in [1.29, 1.82) is 0 Å². The summed E-state index contributed by atoms with van der Waals surface area (Å²) in [6, 6.07) is 0. The van der Waals surface area contributed by atoms with E-state index in [4.69, 9.17) is 19.8 Å². The minimum atomic E-state index is -5.45. The molecule has 0 saturated heterocycles. The van der Waals surface area contributed by atoms with Crippen molar-refractivity contribution in [2.75, 3.05) is 14.1 Å². The molecule has 2 atom stereocenters. The summed E-state index contributed by atoms with van der Waals surface area (Å²) in [4.78, 5) is 34.7. The molecule has 0 aliphatic rings. The second-order valence-corrected chi connectivity index (χ2v) is 6.84. The third kappa shape index (κ3) is 6.36. The molecule has 0 aromatic carbocycles. The van der Waals surface area contributed by atoms with Gasteiger partial charge in [0.1, 0.15) is 0 Å². The molecule has 0 spiro atoms. The molecule has 0 aromatic heterocycles. The van der Waals surface area contributed by atoms with Crippen LogP contribution in [-0.4, -0.2) is 44.4 Å². The van der Waals surface area contributed by atoms with Crippen LogP contribution in [0.25, 0.3) is 0 Å². The molecule has 15 heavy (non-hydrogen) atoms. The molecular formula is C4H17NO8P2. The van der Waals surface area contributed by atoms with Crippen molar-refractivity contribution in [3.63, 3.8) is 0 Å². The standard InChI is InChI=1S/C2H7N.C2H8O7P2.H2O/c1-3-2;1-2(3,10(4,5)6)11(7,8)9;/h3H,1-2H3;3H,1H3,(H2,4,5,6)(H2,7,8,9);1H2. The first-order chi connectivity index (χ1) is 5.91. The molecule has 0 aromatic rings. The number of aliphatic hydroxyl groups is 1. The van der Waals surface area contributed by atoms with E-state index in [2.05, 4.69) is 0 Å². The predicted octanol–water partition coefficient (Wildman–Crippen LogP) is -3.64. The Balaban J connectivity index is -0.000000320. The maximum absolute atomic E-state index is 10.2. The maximum atomic E-state index is 10.2. The van der Waals surface area contributed by atoms with E-state index in [1.807, 2.05) is 19.4 Å². The number of quaternary nitrogens is 1. The minimum absolute atomic E-state index is 0. The molecule has 0 aliphatic heterocycles. The number of hydrogen-bond acceptors (Lipinski definition) is 4. The van der Waals surface area contributed by atoms with Gasteiger partial charge in [-0.2, -0.15) is 0 Å². The molecule has 8 N–H and O–H groups in total. The Morgan fingerprint density at radius 1 is 1.20 bits per heavy atom. The van der Waals surface area contributed by atoms with Gasteiger partial charge in [0.15, 0.2) is 7.60 Å². The van der Waals surface area contributed by atoms with E-state index < -0.39 is 20.3 Å². The highest BCUT2D eigenvalue weighted by Crippen LogP contribution is 2.64. The van der Waals surface area contributed by atoms with E-state index in [1.165, 1.54) is 0 Å². The summed E-state index contributed by atoms with van der Waals surface area (Å²) < 4.78 is 20.4. The van der Waals surface area contributed by atoms with Gasteiger partial charge < -0.3 is 40.0 Å². The summed E-state index contributed by atoms with van der Waals surface area (Å²) in [6.07, 6.45) is 0. The summed E-state index contributed by atoms with van der Waals surface area (Å²) >= 11 is 0. The lowest BCUT2D eigenvalue weighted by Crippen LogP contribution is -2.74. The number of hydrogen-bond donors (Lipinski definition) is 5. The van der Waals surface area contributed by atoms with Crippen LogP contribution in [0, 0.1) is 0 Å². The van der Waals surface area contributed by atoms with Crippen molar-refractivity contribution in [1.82, 2.24) is 0 Å². The second kappa shape index (κ2) is 6.70. The molecule has 0 radical (unpaired) electrons. The van der Waals surface area contributed by atoms with E-state index >= 15 is 0 Å². The van der Waals surface area contributed by atoms with Gasteiger partial charge in [-0.3, -0.25) is 4.57 Å². The average Bonchev–Trinajstić information content (AvgIpc) is 1.83. The lowest BCUT2D eigenvalue weighted by Gasteiger charge is -2.32. The Kier molecular flexibility index (Phi) is 9.18. The van der Waals surface area contributed by atoms with Crippen LogP contribution in [0.2, 0.25) is 0 Å². The van der Waals surface area contributed by atoms with Crippen molar-refractivity contribution >= 4 is 15.2 Å². The van der Waals surface area contributed by atoms with Crippen LogP contribution >= 0.6 is 15.2 Å². The van der Waals surface area contributed by atoms with Crippen LogP contribution in [0.3, 0.4) is 0 Å². The third-order valence-corrected chi connectivity index (χ3v) is 4.80. The first-order valence-corrected chi connectivity index (χ1v) is 6.66. The van der Waals surface area contributed by atoms with Crippen molar-refractivity contribution in [2.45, 2.75) is 12.0 Å². The first kappa shape index (κ1) is 20.6. The number of nitrogens with two attached hydrogens (primary N) is 1. The third-order valence-electron chi connectivity index (χ3n) is 1.09. The van der Waals surface area contributed by atoms with Gasteiger partial charge in [-0.05, 0) is 6.92 Å². The predicted molar refractivity (Wildman–Crippen MR) is 49.9 cm³/mol. The zero-order valence-corrected chi connectivity index (χ0v) is 10.3. The van der Waals surface area contributed by atoms with Crippen molar-refractivity contribution in [2.24, 2.45) is 0 Å². The molecule has 0 rings (SSSR count). The molecule has 0 aliphatic carbocycles. The Hall–Kier alpha value is 0.180. The SMILES string of the molecule is CC(O)(P(=O)([O-])O)P(=O)(O)O.C[NH2+]C.O. The smallest absolute Gasteiger partial charge is 0.365 e. The van der Waals surface area contributed by atoms with Gasteiger partial charge in [-0.25, -0.2) is 0 Å². The Morgan fingerprint density at radius 2 is 1.40 bits per heavy atom. The maximum Gasteiger partial charge on any atom is 0.365 e. The lowest BCUT2D eigenvalue weighted by atomic mass is 10.9. The van der Waals surface area contributed by atoms with Gasteiger partial charge in [0, 0.05) is 0 Å². The van der Waals surface area contributed by atoms with Gasteiger partial charge in [0.2, 0.25) is 5.08 Å². The van der Waals surface area contributed by atoms with E-state index in [9.17, 15) is 14.0 Å². The van der Waals surface area contributed by atoms with Gasteiger partial charge in [0.05, 0.1) is 14.1 Å². The summed E-state index contributed by atoms with van der Waals surface area (Å²) in [5.41, 5.74) is 0. The van der Waals surface area contributed by atoms with Gasteiger partial charge >= 0.3 is 7.60 Å². The van der Waals surface area contributed by atoms with Crippen LogP contribution in [0.5, 0.6) is 0 Å². The zero-order chi connectivity index (χ0) is 12.2. The monoisotopic (exact) mass is 269 g/mol. The summed E-state index contributed by atoms with van der Waals surface area (Å²) in [5.74, 6) is 0. The molecule has 9 nitrogen and oxygen atoms in total. The van der Waals surface area contributed by atoms with E-state index in [0.717, 1.165) is 0 Å². The fraction of sp³-hybridized carbons (Fsp3) is 1.00. The lowest BCUT2D eigenvalue weighted by molar-refractivity contribution is -0.597. The van der Waals surface area contributed by atoms with Crippen molar-refractivity contribution in [3.8, 4) is 0 Å². The zero-order valence-electron chi connectivity index (χ0n) is 8.49. The van der Waals surface area contributed by atoms with E-state index in [-0.39, 0.29) is 5.48 Å². The van der Waals surface area contributed by atoms with Crippen molar-refractivity contribution < 1.29 is 44.6 Å². The normalized spacial score (nSPS) is 18.7. The fourth-order valence-electron chi connectivity index (χ4n) is 0.165. The highest BCUT2D eigenvalue weighted by Gasteiger charge is 2.48. The van der Waals surface area contributed by atoms with Crippen LogP contribution < -0.4 is 10.2 Å². The van der Waals surface area contributed by atoms with Crippen LogP contribution in [0.4, 0.5) is 0 Å². The average molecular weight is 269 g/mol. The van der Waals surface area contributed by atoms with Crippen LogP contribution in [-0.2, 0) is 9.13 Å². The van der Waals surface area contributed by atoms with Crippen molar-refractivity contribution in [3.05, 3.63) is 0 Å². The van der Waals surface area contributed by atoms with Crippen LogP contribution in [0.15, 0.2) is 0 Å². The molecule has 0 fully saturated rings. The molecule has 0 amide bonds. The Labute approximate surface area is 86.8 Å². The van der Waals surface area contributed by atoms with Gasteiger partial charge in [-0.1, -0.05) is 0 Å². The highest BCUT2D eigenvalue weighted by molar-refractivity contribution is 7.71. The molecule has 2 unspecified atom stereocenters. The highest BCUT2D eigenvalue weighted by atomic mass is 31.2. The molecule has 0 bridgehead atoms. The number of rotatable bonds is 2. The minimum Gasteiger partial charge on any atom is -0.776 e. The molecule has 11 heteroatoms. The summed E-state index contributed by atoms with van der Waals surface area (Å²) in [6.45, 7) is 0.321. The summed E-state index contributed by atoms with van der Waals surface area (Å²) in [7, 11) is -6.71. The fourth-order valence-corrected chi connectivity index (χ4v) is 1.48. The first-order valence-electron chi connectivity index (χ1n) is 3.47. The molecule has 0 heterocycles. The topological polar surface area (TPSA) is 186 Å². The molecule has 96 valence electrons. The van der Waals surface area contributed by atoms with E-state index in [0.29, 0.717) is 6.92 Å². The largest absolute Gasteiger partial charge is 0.776 e. The molecule has 0 saturated carbocycles. The Morgan fingerprint density at radius 3 is 1.40 bits per heavy atom. The summed E-state index contributed by atoms with van der Waals surface area (Å²) in [5, 5.41) is 7.20. The van der Waals surface area contributed by atoms with Gasteiger partial charge in [-0.15, -0.1) is 0 Å². The molecular weight excluding hydrogens is 252 g/mol. The quantitative estimate of drug-likeness (QED) is 0.319.